The normalized spacial score (nSPS) is 16.0. The van der Waals surface area contributed by atoms with E-state index in [-0.39, 0.29) is 11.2 Å². The molecule has 0 spiro atoms. The van der Waals surface area contributed by atoms with E-state index in [0.717, 1.165) is 27.1 Å². The fraction of sp³-hybridized carbons (Fsp3) is 0.200. The van der Waals surface area contributed by atoms with Gasteiger partial charge in [0.05, 0.1) is 28.9 Å². The molecule has 1 aliphatic heterocycles. The van der Waals surface area contributed by atoms with Crippen LogP contribution >= 0.6 is 11.6 Å². The monoisotopic (exact) mass is 447 g/mol. The van der Waals surface area contributed by atoms with Crippen LogP contribution < -0.4 is 11.2 Å². The van der Waals surface area contributed by atoms with Crippen LogP contribution in [-0.4, -0.2) is 20.3 Å². The first-order valence-corrected chi connectivity index (χ1v) is 10.8. The molecule has 1 aliphatic rings. The van der Waals surface area contributed by atoms with Gasteiger partial charge < -0.3 is 9.30 Å². The zero-order valence-electron chi connectivity index (χ0n) is 17.8. The molecule has 0 N–H and O–H groups in total. The van der Waals surface area contributed by atoms with Gasteiger partial charge in [-0.05, 0) is 29.3 Å². The Bertz CT molecular complexity index is 1460. The van der Waals surface area contributed by atoms with Crippen molar-refractivity contribution >= 4 is 28.6 Å². The second kappa shape index (κ2) is 7.97. The molecule has 0 radical (unpaired) electrons. The van der Waals surface area contributed by atoms with E-state index in [9.17, 15) is 9.59 Å². The Morgan fingerprint density at radius 1 is 1.00 bits per heavy atom. The molecule has 0 saturated heterocycles. The summed E-state index contributed by atoms with van der Waals surface area (Å²) >= 11 is 6.11. The van der Waals surface area contributed by atoms with Gasteiger partial charge in [0.25, 0.3) is 5.56 Å². The minimum Gasteiger partial charge on any atom is -0.366 e. The summed E-state index contributed by atoms with van der Waals surface area (Å²) in [6, 6.07) is 17.4. The van der Waals surface area contributed by atoms with Crippen LogP contribution in [0.25, 0.3) is 28.2 Å². The van der Waals surface area contributed by atoms with Gasteiger partial charge in [-0.2, -0.15) is 0 Å². The number of fused-ring (bicyclic) bond motifs is 3. The fourth-order valence-corrected chi connectivity index (χ4v) is 4.55. The second-order valence-corrected chi connectivity index (χ2v) is 8.32. The van der Waals surface area contributed by atoms with Crippen LogP contribution in [0, 0.1) is 0 Å². The van der Waals surface area contributed by atoms with Crippen molar-refractivity contribution in [2.24, 2.45) is 14.1 Å². The lowest BCUT2D eigenvalue weighted by atomic mass is 10.1. The van der Waals surface area contributed by atoms with Gasteiger partial charge in [0.2, 0.25) is 0 Å². The Morgan fingerprint density at radius 2 is 1.72 bits per heavy atom. The number of hydrogen-bond donors (Lipinski definition) is 0. The van der Waals surface area contributed by atoms with Gasteiger partial charge in [0.1, 0.15) is 6.10 Å². The molecule has 0 fully saturated rings. The molecule has 7 heteroatoms. The highest BCUT2D eigenvalue weighted by Crippen LogP contribution is 2.38. The Kier molecular flexibility index (Phi) is 5.12. The van der Waals surface area contributed by atoms with Gasteiger partial charge >= 0.3 is 5.69 Å². The van der Waals surface area contributed by atoms with E-state index < -0.39 is 6.10 Å². The van der Waals surface area contributed by atoms with Crippen LogP contribution in [-0.2, 0) is 25.4 Å². The summed E-state index contributed by atoms with van der Waals surface area (Å²) in [5.74, 6) is 0. The van der Waals surface area contributed by atoms with Crippen molar-refractivity contribution in [3.05, 3.63) is 97.8 Å². The summed E-state index contributed by atoms with van der Waals surface area (Å²) in [7, 11) is 3.21. The number of aromatic nitrogens is 3. The second-order valence-electron chi connectivity index (χ2n) is 7.88. The number of rotatable bonds is 3. The van der Waals surface area contributed by atoms with Crippen molar-refractivity contribution in [1.29, 1.82) is 0 Å². The van der Waals surface area contributed by atoms with Crippen LogP contribution in [0.15, 0.2) is 70.3 Å². The highest BCUT2D eigenvalue weighted by atomic mass is 35.5. The molecular formula is C25H22ClN3O3. The molecule has 6 nitrogen and oxygen atoms in total. The smallest absolute Gasteiger partial charge is 0.331 e. The van der Waals surface area contributed by atoms with Crippen LogP contribution in [0.4, 0.5) is 0 Å². The van der Waals surface area contributed by atoms with Gasteiger partial charge in [-0.25, -0.2) is 4.79 Å². The lowest BCUT2D eigenvalue weighted by Crippen LogP contribution is -2.37. The molecule has 1 atom stereocenters. The zero-order chi connectivity index (χ0) is 22.4. The Morgan fingerprint density at radius 3 is 2.44 bits per heavy atom. The molecule has 3 heterocycles. The predicted octanol–water partition coefficient (Wildman–Crippen LogP) is 4.14. The molecule has 4 aromatic rings. The molecule has 2 aromatic carbocycles. The molecule has 0 bridgehead atoms. The molecule has 2 aromatic heterocycles. The summed E-state index contributed by atoms with van der Waals surface area (Å²) in [4.78, 5) is 26.1. The predicted molar refractivity (Wildman–Crippen MR) is 127 cm³/mol. The van der Waals surface area contributed by atoms with E-state index in [2.05, 4.69) is 4.57 Å². The van der Waals surface area contributed by atoms with Crippen molar-refractivity contribution < 1.29 is 4.74 Å². The van der Waals surface area contributed by atoms with Crippen LogP contribution in [0.1, 0.15) is 17.4 Å². The quantitative estimate of drug-likeness (QED) is 0.474. The standard InChI is InChI=1S/C25H22ClN3O3/c1-27-23-20(24(30)28(2)25(27)31)21(17-9-11-18(26)12-10-17)29-14-15-32-19(22(23)29)13-8-16-6-4-3-5-7-16/h3-13,19H,14-15H2,1-2H3/b13-8-/t19-/m1/s1. The number of nitrogens with zero attached hydrogens (tertiary/aromatic N) is 3. The first-order chi connectivity index (χ1) is 15.5. The first-order valence-electron chi connectivity index (χ1n) is 10.4. The fourth-order valence-electron chi connectivity index (χ4n) is 4.43. The van der Waals surface area contributed by atoms with Crippen molar-refractivity contribution in [2.45, 2.75) is 12.6 Å². The molecule has 5 rings (SSSR count). The molecule has 0 saturated carbocycles. The highest BCUT2D eigenvalue weighted by molar-refractivity contribution is 6.30. The van der Waals surface area contributed by atoms with Gasteiger partial charge in [-0.1, -0.05) is 60.1 Å². The molecule has 0 amide bonds. The minimum absolute atomic E-state index is 0.319. The third-order valence-corrected chi connectivity index (χ3v) is 6.22. The van der Waals surface area contributed by atoms with E-state index in [1.165, 1.54) is 7.05 Å². The van der Waals surface area contributed by atoms with Gasteiger partial charge in [-0.15, -0.1) is 0 Å². The average Bonchev–Trinajstić information content (AvgIpc) is 3.17. The molecule has 0 aliphatic carbocycles. The van der Waals surface area contributed by atoms with Gasteiger partial charge in [0, 0.05) is 25.7 Å². The maximum absolute atomic E-state index is 13.3. The Balaban J connectivity index is 1.83. The van der Waals surface area contributed by atoms with E-state index in [1.807, 2.05) is 54.6 Å². The summed E-state index contributed by atoms with van der Waals surface area (Å²) < 4.78 is 10.9. The third-order valence-electron chi connectivity index (χ3n) is 5.97. The van der Waals surface area contributed by atoms with Crippen LogP contribution in [0.2, 0.25) is 5.02 Å². The van der Waals surface area contributed by atoms with Crippen LogP contribution in [0.5, 0.6) is 0 Å². The van der Waals surface area contributed by atoms with E-state index in [0.29, 0.717) is 29.1 Å². The lowest BCUT2D eigenvalue weighted by Gasteiger charge is -2.25. The first kappa shape index (κ1) is 20.5. The van der Waals surface area contributed by atoms with Crippen LogP contribution in [0.3, 0.4) is 0 Å². The van der Waals surface area contributed by atoms with Crippen molar-refractivity contribution in [3.8, 4) is 11.3 Å². The Labute approximate surface area is 189 Å². The number of aryl methyl sites for hydroxylation is 1. The lowest BCUT2D eigenvalue weighted by molar-refractivity contribution is 0.0532. The largest absolute Gasteiger partial charge is 0.366 e. The summed E-state index contributed by atoms with van der Waals surface area (Å²) in [5.41, 5.74) is 3.42. The van der Waals surface area contributed by atoms with Gasteiger partial charge in [0.15, 0.2) is 0 Å². The third kappa shape index (κ3) is 3.23. The van der Waals surface area contributed by atoms with E-state index in [4.69, 9.17) is 16.3 Å². The topological polar surface area (TPSA) is 58.2 Å². The minimum atomic E-state index is -0.398. The number of benzene rings is 2. The zero-order valence-corrected chi connectivity index (χ0v) is 18.5. The molecular weight excluding hydrogens is 426 g/mol. The van der Waals surface area contributed by atoms with Crippen molar-refractivity contribution in [3.63, 3.8) is 0 Å². The maximum Gasteiger partial charge on any atom is 0.331 e. The molecule has 0 unspecified atom stereocenters. The SMILES string of the molecule is Cn1c(=O)c2c(-c3ccc(Cl)cc3)n3c(c2n(C)c1=O)[C@@H](/C=C\c1ccccc1)OCC3. The summed E-state index contributed by atoms with van der Waals surface area (Å²) in [6.45, 7) is 1.07. The van der Waals surface area contributed by atoms with Crippen molar-refractivity contribution in [2.75, 3.05) is 6.61 Å². The number of hydrogen-bond acceptors (Lipinski definition) is 3. The summed E-state index contributed by atoms with van der Waals surface area (Å²) in [5, 5.41) is 1.13. The van der Waals surface area contributed by atoms with E-state index in [1.54, 1.807) is 23.7 Å². The van der Waals surface area contributed by atoms with Gasteiger partial charge in [-0.3, -0.25) is 13.9 Å². The molecule has 32 heavy (non-hydrogen) atoms. The highest BCUT2D eigenvalue weighted by Gasteiger charge is 2.31. The maximum atomic E-state index is 13.3. The van der Waals surface area contributed by atoms with E-state index >= 15 is 0 Å². The molecule has 162 valence electrons. The average molecular weight is 448 g/mol. The number of halogens is 1. The number of ether oxygens (including phenoxy) is 1. The summed E-state index contributed by atoms with van der Waals surface area (Å²) in [6.07, 6.45) is 3.58. The van der Waals surface area contributed by atoms with Crippen molar-refractivity contribution in [1.82, 2.24) is 13.7 Å². The Hall–Kier alpha value is -3.35.